The van der Waals surface area contributed by atoms with Gasteiger partial charge >= 0.3 is 0 Å². The van der Waals surface area contributed by atoms with Gasteiger partial charge in [0.25, 0.3) is 0 Å². The number of sulfonamides is 1. The second kappa shape index (κ2) is 9.53. The summed E-state index contributed by atoms with van der Waals surface area (Å²) < 4.78 is 25.9. The highest BCUT2D eigenvalue weighted by Crippen LogP contribution is 2.39. The molecule has 2 fully saturated rings. The number of H-pyrrole nitrogens is 1. The molecule has 3 aromatic rings. The van der Waals surface area contributed by atoms with Gasteiger partial charge in [0.2, 0.25) is 15.8 Å². The van der Waals surface area contributed by atoms with Gasteiger partial charge in [0.1, 0.15) is 0 Å². The fraction of sp³-hybridized carbons (Fsp3) is 0.458. The Balaban J connectivity index is 1.59. The van der Waals surface area contributed by atoms with Gasteiger partial charge in [-0.3, -0.25) is 0 Å². The molecule has 1 aliphatic heterocycles. The number of nitrogens with two attached hydrogens (primary N) is 2. The summed E-state index contributed by atoms with van der Waals surface area (Å²) in [6.07, 6.45) is 5.59. The third-order valence-electron chi connectivity index (χ3n) is 7.25. The lowest BCUT2D eigenvalue weighted by molar-refractivity contribution is 0.323. The van der Waals surface area contributed by atoms with Gasteiger partial charge in [0.15, 0.2) is 0 Å². The Kier molecular flexibility index (Phi) is 6.48. The lowest BCUT2D eigenvalue weighted by Gasteiger charge is -2.27. The van der Waals surface area contributed by atoms with Crippen molar-refractivity contribution < 1.29 is 8.42 Å². The normalized spacial score (nSPS) is 23.3. The van der Waals surface area contributed by atoms with Gasteiger partial charge in [-0.2, -0.15) is 5.21 Å². The maximum Gasteiger partial charge on any atom is 0.239 e. The molecule has 0 bridgehead atoms. The number of nitrogens with zero attached hydrogens (tertiary/aromatic N) is 3. The van der Waals surface area contributed by atoms with E-state index in [1.807, 2.05) is 24.3 Å². The summed E-state index contributed by atoms with van der Waals surface area (Å²) in [6.45, 7) is 2.00. The van der Waals surface area contributed by atoms with Crippen molar-refractivity contribution in [2.45, 2.75) is 55.4 Å². The van der Waals surface area contributed by atoms with Crippen LogP contribution < -0.4 is 16.2 Å². The second-order valence-electron chi connectivity index (χ2n) is 9.55. The summed E-state index contributed by atoms with van der Waals surface area (Å²) in [7, 11) is -4.06. The molecule has 9 nitrogen and oxygen atoms in total. The van der Waals surface area contributed by atoms with Gasteiger partial charge in [-0.25, -0.2) is 13.6 Å². The minimum atomic E-state index is -4.06. The van der Waals surface area contributed by atoms with Crippen molar-refractivity contribution in [1.29, 1.82) is 0 Å². The molecule has 1 atom stereocenters. The van der Waals surface area contributed by atoms with Crippen LogP contribution in [0.4, 0.5) is 0 Å². The first-order valence-corrected chi connectivity index (χ1v) is 13.4. The first-order valence-electron chi connectivity index (χ1n) is 11.9. The van der Waals surface area contributed by atoms with Crippen molar-refractivity contribution in [3.05, 3.63) is 47.5 Å². The SMILES string of the molecule is NS(=O)(=O)c1c(C[C@H]2CC[C@H](N)CC2)ccc(-c2ccc(C3CCNC3)cc2)c1-c1nn[nH]n1. The zero-order valence-corrected chi connectivity index (χ0v) is 19.9. The van der Waals surface area contributed by atoms with Crippen LogP contribution in [-0.2, 0) is 16.4 Å². The van der Waals surface area contributed by atoms with E-state index in [0.717, 1.165) is 56.3 Å². The van der Waals surface area contributed by atoms with Gasteiger partial charge in [0, 0.05) is 12.6 Å². The molecule has 0 spiro atoms. The van der Waals surface area contributed by atoms with E-state index in [2.05, 4.69) is 38.1 Å². The number of aromatic nitrogens is 4. The van der Waals surface area contributed by atoms with E-state index in [9.17, 15) is 8.42 Å². The van der Waals surface area contributed by atoms with E-state index in [1.54, 1.807) is 0 Å². The Morgan fingerprint density at radius 1 is 1.00 bits per heavy atom. The number of nitrogens with one attached hydrogen (secondary N) is 2. The lowest BCUT2D eigenvalue weighted by atomic mass is 9.82. The van der Waals surface area contributed by atoms with Crippen LogP contribution in [0.3, 0.4) is 0 Å². The molecule has 2 aromatic carbocycles. The number of primary sulfonamides is 1. The van der Waals surface area contributed by atoms with Crippen molar-refractivity contribution in [3.8, 4) is 22.5 Å². The average molecular weight is 482 g/mol. The number of hydrogen-bond acceptors (Lipinski definition) is 7. The quantitative estimate of drug-likeness (QED) is 0.421. The highest BCUT2D eigenvalue weighted by molar-refractivity contribution is 7.89. The first kappa shape index (κ1) is 23.1. The molecule has 1 saturated carbocycles. The number of benzene rings is 2. The van der Waals surface area contributed by atoms with Crippen LogP contribution in [0.1, 0.15) is 49.1 Å². The average Bonchev–Trinajstić information content (AvgIpc) is 3.54. The largest absolute Gasteiger partial charge is 0.328 e. The van der Waals surface area contributed by atoms with E-state index in [-0.39, 0.29) is 16.8 Å². The molecule has 1 aromatic heterocycles. The van der Waals surface area contributed by atoms with E-state index >= 15 is 0 Å². The number of aromatic amines is 1. The molecule has 10 heteroatoms. The van der Waals surface area contributed by atoms with E-state index in [1.165, 1.54) is 5.56 Å². The molecule has 2 aliphatic rings. The standard InChI is InChI=1S/C24H31N7O2S/c25-20-8-1-15(2-9-20)13-18-7-10-21(17-5-3-16(4-6-17)19-11-12-27-14-19)22(23(18)34(26,32)33)24-28-30-31-29-24/h3-7,10,15,19-20,27H,1-2,8-9,11-14,25H2,(H2,26,32,33)(H,28,29,30,31)/t15-,19?,20-. The molecule has 6 N–H and O–H groups in total. The van der Waals surface area contributed by atoms with E-state index in [0.29, 0.717) is 29.4 Å². The molecular weight excluding hydrogens is 450 g/mol. The Morgan fingerprint density at radius 3 is 2.38 bits per heavy atom. The van der Waals surface area contributed by atoms with Crippen molar-refractivity contribution >= 4 is 10.0 Å². The predicted octanol–water partition coefficient (Wildman–Crippen LogP) is 2.32. The Hall–Kier alpha value is -2.66. The van der Waals surface area contributed by atoms with Crippen LogP contribution in [0, 0.1) is 5.92 Å². The first-order chi connectivity index (χ1) is 16.4. The molecule has 5 rings (SSSR count). The van der Waals surface area contributed by atoms with Crippen molar-refractivity contribution in [2.75, 3.05) is 13.1 Å². The molecule has 1 saturated heterocycles. The zero-order chi connectivity index (χ0) is 23.7. The molecule has 1 unspecified atom stereocenters. The Morgan fingerprint density at radius 2 is 1.76 bits per heavy atom. The van der Waals surface area contributed by atoms with E-state index in [4.69, 9.17) is 10.9 Å². The third-order valence-corrected chi connectivity index (χ3v) is 8.28. The molecular formula is C24H31N7O2S. The number of hydrogen-bond donors (Lipinski definition) is 4. The summed E-state index contributed by atoms with van der Waals surface area (Å²) in [5.41, 5.74) is 10.0. The van der Waals surface area contributed by atoms with E-state index < -0.39 is 10.0 Å². The van der Waals surface area contributed by atoms with Gasteiger partial charge in [-0.1, -0.05) is 36.4 Å². The molecule has 2 heterocycles. The van der Waals surface area contributed by atoms with Gasteiger partial charge in [-0.05, 0) is 84.4 Å². The third kappa shape index (κ3) is 4.76. The van der Waals surface area contributed by atoms with Crippen LogP contribution in [0.5, 0.6) is 0 Å². The van der Waals surface area contributed by atoms with Crippen LogP contribution in [-0.4, -0.2) is 48.2 Å². The maximum atomic E-state index is 12.9. The van der Waals surface area contributed by atoms with Crippen molar-refractivity contribution in [1.82, 2.24) is 25.9 Å². The summed E-state index contributed by atoms with van der Waals surface area (Å²) in [5, 5.41) is 23.6. The van der Waals surface area contributed by atoms with Crippen molar-refractivity contribution in [2.24, 2.45) is 16.8 Å². The summed E-state index contributed by atoms with van der Waals surface area (Å²) in [6, 6.07) is 12.4. The molecule has 0 amide bonds. The second-order valence-corrected chi connectivity index (χ2v) is 11.1. The predicted molar refractivity (Wildman–Crippen MR) is 130 cm³/mol. The summed E-state index contributed by atoms with van der Waals surface area (Å²) >= 11 is 0. The van der Waals surface area contributed by atoms with Gasteiger partial charge in [0.05, 0.1) is 10.5 Å². The minimum absolute atomic E-state index is 0.0883. The highest BCUT2D eigenvalue weighted by Gasteiger charge is 2.29. The topological polar surface area (TPSA) is 153 Å². The molecule has 1 aliphatic carbocycles. The fourth-order valence-electron chi connectivity index (χ4n) is 5.42. The lowest BCUT2D eigenvalue weighted by Crippen LogP contribution is -2.27. The smallest absolute Gasteiger partial charge is 0.239 e. The maximum absolute atomic E-state index is 12.9. The van der Waals surface area contributed by atoms with Gasteiger partial charge < -0.3 is 11.1 Å². The molecule has 34 heavy (non-hydrogen) atoms. The Bertz CT molecular complexity index is 1230. The number of tetrazole rings is 1. The highest BCUT2D eigenvalue weighted by atomic mass is 32.2. The summed E-state index contributed by atoms with van der Waals surface area (Å²) in [5.74, 6) is 1.08. The molecule has 180 valence electrons. The Labute approximate surface area is 199 Å². The van der Waals surface area contributed by atoms with Crippen molar-refractivity contribution in [3.63, 3.8) is 0 Å². The number of rotatable bonds is 6. The summed E-state index contributed by atoms with van der Waals surface area (Å²) in [4.78, 5) is 0.0883. The van der Waals surface area contributed by atoms with Crippen LogP contribution >= 0.6 is 0 Å². The van der Waals surface area contributed by atoms with Crippen LogP contribution in [0.15, 0.2) is 41.3 Å². The van der Waals surface area contributed by atoms with Gasteiger partial charge in [-0.15, -0.1) is 10.2 Å². The van der Waals surface area contributed by atoms with Crippen LogP contribution in [0.25, 0.3) is 22.5 Å². The van der Waals surface area contributed by atoms with Crippen LogP contribution in [0.2, 0.25) is 0 Å². The molecule has 0 radical (unpaired) electrons. The fourth-order valence-corrected chi connectivity index (χ4v) is 6.42. The monoisotopic (exact) mass is 481 g/mol. The zero-order valence-electron chi connectivity index (χ0n) is 19.1. The minimum Gasteiger partial charge on any atom is -0.328 e.